The fraction of sp³-hybridized carbons (Fsp3) is 0.833. The maximum absolute atomic E-state index is 10.1. The molecule has 0 spiro atoms. The van der Waals surface area contributed by atoms with Gasteiger partial charge in [0.15, 0.2) is 0 Å². The molecule has 2 N–H and O–H groups in total. The number of allylic oxidation sites excluding steroid dienone is 1. The fourth-order valence-electron chi connectivity index (χ4n) is 2.06. The zero-order valence-corrected chi connectivity index (χ0v) is 9.26. The van der Waals surface area contributed by atoms with Crippen LogP contribution in [0.4, 0.5) is 0 Å². The molecule has 0 saturated heterocycles. The molecule has 0 bridgehead atoms. The molecular formula is C12H23NO. The lowest BCUT2D eigenvalue weighted by Crippen LogP contribution is -2.42. The van der Waals surface area contributed by atoms with Crippen LogP contribution >= 0.6 is 0 Å². The number of nitrogens with one attached hydrogen (secondary N) is 1. The van der Waals surface area contributed by atoms with Crippen LogP contribution in [0.3, 0.4) is 0 Å². The van der Waals surface area contributed by atoms with E-state index in [1.807, 2.05) is 6.92 Å². The van der Waals surface area contributed by atoms with Crippen molar-refractivity contribution in [3.63, 3.8) is 0 Å². The van der Waals surface area contributed by atoms with Gasteiger partial charge in [-0.3, -0.25) is 0 Å². The maximum Gasteiger partial charge on any atom is 0.0771 e. The molecular weight excluding hydrogens is 174 g/mol. The quantitative estimate of drug-likeness (QED) is 0.523. The Labute approximate surface area is 87.4 Å². The molecule has 2 heteroatoms. The van der Waals surface area contributed by atoms with Crippen molar-refractivity contribution in [1.29, 1.82) is 0 Å². The molecule has 2 nitrogen and oxygen atoms in total. The van der Waals surface area contributed by atoms with Crippen molar-refractivity contribution in [2.24, 2.45) is 0 Å². The highest BCUT2D eigenvalue weighted by Crippen LogP contribution is 2.27. The van der Waals surface area contributed by atoms with E-state index in [0.717, 1.165) is 32.4 Å². The summed E-state index contributed by atoms with van der Waals surface area (Å²) >= 11 is 0. The second-order valence-corrected chi connectivity index (χ2v) is 4.32. The summed E-state index contributed by atoms with van der Waals surface area (Å²) < 4.78 is 0. The molecule has 1 rings (SSSR count). The molecule has 0 heterocycles. The van der Waals surface area contributed by atoms with Gasteiger partial charge in [0.1, 0.15) is 0 Å². The number of rotatable bonds is 5. The first kappa shape index (κ1) is 11.7. The van der Waals surface area contributed by atoms with E-state index in [1.165, 1.54) is 19.3 Å². The monoisotopic (exact) mass is 197 g/mol. The third-order valence-electron chi connectivity index (χ3n) is 2.96. The van der Waals surface area contributed by atoms with Crippen molar-refractivity contribution in [2.75, 3.05) is 13.1 Å². The highest BCUT2D eigenvalue weighted by Gasteiger charge is 2.28. The van der Waals surface area contributed by atoms with E-state index in [4.69, 9.17) is 0 Å². The largest absolute Gasteiger partial charge is 0.389 e. The van der Waals surface area contributed by atoms with Gasteiger partial charge >= 0.3 is 0 Å². The van der Waals surface area contributed by atoms with Crippen LogP contribution in [0.5, 0.6) is 0 Å². The smallest absolute Gasteiger partial charge is 0.0771 e. The average molecular weight is 197 g/mol. The molecule has 0 radical (unpaired) electrons. The summed E-state index contributed by atoms with van der Waals surface area (Å²) in [6.45, 7) is 3.78. The van der Waals surface area contributed by atoms with Gasteiger partial charge in [-0.25, -0.2) is 0 Å². The van der Waals surface area contributed by atoms with E-state index in [1.54, 1.807) is 0 Å². The molecule has 1 saturated carbocycles. The zero-order valence-electron chi connectivity index (χ0n) is 9.26. The molecule has 82 valence electrons. The van der Waals surface area contributed by atoms with Gasteiger partial charge in [-0.15, -0.1) is 0 Å². The Morgan fingerprint density at radius 1 is 1.29 bits per heavy atom. The van der Waals surface area contributed by atoms with E-state index in [0.29, 0.717) is 0 Å². The predicted molar refractivity (Wildman–Crippen MR) is 60.3 cm³/mol. The maximum atomic E-state index is 10.1. The van der Waals surface area contributed by atoms with Crippen LogP contribution in [-0.4, -0.2) is 23.8 Å². The van der Waals surface area contributed by atoms with E-state index in [2.05, 4.69) is 17.5 Å². The Morgan fingerprint density at radius 2 is 2.00 bits per heavy atom. The minimum Gasteiger partial charge on any atom is -0.389 e. The van der Waals surface area contributed by atoms with Crippen molar-refractivity contribution in [1.82, 2.24) is 5.32 Å². The standard InChI is InChI=1S/C12H23NO/c1-2-3-7-10-13-11-12(14)8-5-4-6-9-12/h2-3,13-14H,4-11H2,1H3/b3-2+. The number of aliphatic hydroxyl groups is 1. The number of hydrogen-bond acceptors (Lipinski definition) is 2. The molecule has 0 aromatic rings. The first-order chi connectivity index (χ1) is 6.77. The molecule has 0 aromatic heterocycles. The lowest BCUT2D eigenvalue weighted by molar-refractivity contribution is 0.00521. The SMILES string of the molecule is C/C=C/CCNCC1(O)CCCCC1. The molecule has 14 heavy (non-hydrogen) atoms. The topological polar surface area (TPSA) is 32.3 Å². The minimum atomic E-state index is -0.409. The van der Waals surface area contributed by atoms with Crippen LogP contribution in [-0.2, 0) is 0 Å². The van der Waals surface area contributed by atoms with Gasteiger partial charge in [0, 0.05) is 6.54 Å². The van der Waals surface area contributed by atoms with Gasteiger partial charge in [0.2, 0.25) is 0 Å². The summed E-state index contributed by atoms with van der Waals surface area (Å²) in [6.07, 6.45) is 10.9. The fourth-order valence-corrected chi connectivity index (χ4v) is 2.06. The van der Waals surface area contributed by atoms with Gasteiger partial charge in [-0.2, -0.15) is 0 Å². The lowest BCUT2D eigenvalue weighted by atomic mass is 9.85. The van der Waals surface area contributed by atoms with Crippen LogP contribution in [0.2, 0.25) is 0 Å². The molecule has 0 amide bonds. The van der Waals surface area contributed by atoms with E-state index in [9.17, 15) is 5.11 Å². The summed E-state index contributed by atoms with van der Waals surface area (Å²) in [6, 6.07) is 0. The Hall–Kier alpha value is -0.340. The molecule has 1 fully saturated rings. The van der Waals surface area contributed by atoms with Gasteiger partial charge in [0.25, 0.3) is 0 Å². The van der Waals surface area contributed by atoms with Gasteiger partial charge in [-0.05, 0) is 32.7 Å². The van der Waals surface area contributed by atoms with Crippen molar-refractivity contribution >= 4 is 0 Å². The molecule has 1 aliphatic rings. The first-order valence-corrected chi connectivity index (χ1v) is 5.81. The van der Waals surface area contributed by atoms with E-state index < -0.39 is 5.60 Å². The van der Waals surface area contributed by atoms with Crippen molar-refractivity contribution in [3.05, 3.63) is 12.2 Å². The van der Waals surface area contributed by atoms with Gasteiger partial charge in [-0.1, -0.05) is 31.4 Å². The Bertz CT molecular complexity index is 171. The molecule has 1 aliphatic carbocycles. The molecule has 0 aliphatic heterocycles. The molecule has 0 aromatic carbocycles. The van der Waals surface area contributed by atoms with Crippen molar-refractivity contribution < 1.29 is 5.11 Å². The first-order valence-electron chi connectivity index (χ1n) is 5.81. The van der Waals surface area contributed by atoms with Gasteiger partial charge < -0.3 is 10.4 Å². The third-order valence-corrected chi connectivity index (χ3v) is 2.96. The average Bonchev–Trinajstić information content (AvgIpc) is 2.18. The summed E-state index contributed by atoms with van der Waals surface area (Å²) in [4.78, 5) is 0. The van der Waals surface area contributed by atoms with Crippen molar-refractivity contribution in [2.45, 2.75) is 51.0 Å². The highest BCUT2D eigenvalue weighted by molar-refractivity contribution is 4.85. The summed E-state index contributed by atoms with van der Waals surface area (Å²) in [5, 5.41) is 13.5. The van der Waals surface area contributed by atoms with Gasteiger partial charge in [0.05, 0.1) is 5.60 Å². The van der Waals surface area contributed by atoms with Crippen LogP contribution in [0.25, 0.3) is 0 Å². The van der Waals surface area contributed by atoms with Crippen LogP contribution in [0, 0.1) is 0 Å². The third kappa shape index (κ3) is 4.25. The minimum absolute atomic E-state index is 0.409. The summed E-state index contributed by atoms with van der Waals surface area (Å²) in [7, 11) is 0. The second kappa shape index (κ2) is 6.20. The number of hydrogen-bond donors (Lipinski definition) is 2. The van der Waals surface area contributed by atoms with E-state index >= 15 is 0 Å². The Balaban J connectivity index is 2.09. The molecule has 0 atom stereocenters. The highest BCUT2D eigenvalue weighted by atomic mass is 16.3. The van der Waals surface area contributed by atoms with Crippen molar-refractivity contribution in [3.8, 4) is 0 Å². The Morgan fingerprint density at radius 3 is 2.64 bits per heavy atom. The summed E-state index contributed by atoms with van der Waals surface area (Å²) in [5.41, 5.74) is -0.409. The zero-order chi connectivity index (χ0) is 10.3. The Kier molecular flexibility index (Phi) is 5.20. The van der Waals surface area contributed by atoms with Crippen LogP contribution in [0.1, 0.15) is 45.4 Å². The summed E-state index contributed by atoms with van der Waals surface area (Å²) in [5.74, 6) is 0. The van der Waals surface area contributed by atoms with E-state index in [-0.39, 0.29) is 0 Å². The van der Waals surface area contributed by atoms with Crippen LogP contribution < -0.4 is 5.32 Å². The second-order valence-electron chi connectivity index (χ2n) is 4.32. The lowest BCUT2D eigenvalue weighted by Gasteiger charge is -2.32. The normalized spacial score (nSPS) is 21.6. The van der Waals surface area contributed by atoms with Crippen LogP contribution in [0.15, 0.2) is 12.2 Å². The predicted octanol–water partition coefficient (Wildman–Crippen LogP) is 2.24. The molecule has 0 unspecified atom stereocenters.